The molecule has 0 atom stereocenters. The number of allylic oxidation sites excluding steroid dienone is 4. The van der Waals surface area contributed by atoms with E-state index in [1.807, 2.05) is 19.1 Å². The molecular weight excluding hydrogens is 172 g/mol. The first-order valence-electron chi connectivity index (χ1n) is 5.43. The van der Waals surface area contributed by atoms with Crippen molar-refractivity contribution in [3.05, 3.63) is 23.8 Å². The zero-order valence-corrected chi connectivity index (χ0v) is 9.68. The number of rotatable bonds is 7. The molecule has 0 bridgehead atoms. The van der Waals surface area contributed by atoms with Crippen LogP contribution in [0, 0.1) is 0 Å². The van der Waals surface area contributed by atoms with Crippen molar-refractivity contribution < 1.29 is 4.79 Å². The van der Waals surface area contributed by atoms with Crippen LogP contribution < -0.4 is 0 Å². The van der Waals surface area contributed by atoms with Crippen molar-refractivity contribution in [1.82, 2.24) is 0 Å². The Morgan fingerprint density at radius 1 is 1.14 bits per heavy atom. The van der Waals surface area contributed by atoms with E-state index in [1.165, 1.54) is 5.57 Å². The van der Waals surface area contributed by atoms with Crippen LogP contribution in [0.25, 0.3) is 0 Å². The average molecular weight is 194 g/mol. The lowest BCUT2D eigenvalue weighted by Gasteiger charge is -1.97. The lowest BCUT2D eigenvalue weighted by atomic mass is 10.1. The molecule has 0 unspecified atom stereocenters. The van der Waals surface area contributed by atoms with Crippen LogP contribution in [0.1, 0.15) is 52.9 Å². The molecule has 1 nitrogen and oxygen atoms in total. The van der Waals surface area contributed by atoms with Crippen molar-refractivity contribution in [3.63, 3.8) is 0 Å². The molecule has 0 aromatic heterocycles. The third kappa shape index (κ3) is 9.24. The van der Waals surface area contributed by atoms with Crippen LogP contribution in [0.5, 0.6) is 0 Å². The van der Waals surface area contributed by atoms with Gasteiger partial charge in [-0.2, -0.15) is 0 Å². The molecule has 0 N–H and O–H groups in total. The minimum absolute atomic E-state index is 0.394. The van der Waals surface area contributed by atoms with Crippen molar-refractivity contribution >= 4 is 5.78 Å². The Hall–Kier alpha value is -0.850. The zero-order valence-electron chi connectivity index (χ0n) is 9.68. The zero-order chi connectivity index (χ0) is 10.8. The van der Waals surface area contributed by atoms with Gasteiger partial charge in [-0.15, -0.1) is 0 Å². The summed E-state index contributed by atoms with van der Waals surface area (Å²) in [6.07, 6.45) is 10.6. The molecule has 0 heterocycles. The minimum Gasteiger partial charge on any atom is -0.300 e. The summed E-state index contributed by atoms with van der Waals surface area (Å²) in [5, 5.41) is 0. The third-order valence-corrected chi connectivity index (χ3v) is 2.04. The first-order chi connectivity index (χ1) is 6.66. The van der Waals surface area contributed by atoms with E-state index in [9.17, 15) is 4.79 Å². The van der Waals surface area contributed by atoms with Gasteiger partial charge in [0.25, 0.3) is 0 Å². The minimum atomic E-state index is 0.394. The molecule has 0 aliphatic carbocycles. The number of hydrogen-bond donors (Lipinski definition) is 0. The van der Waals surface area contributed by atoms with Crippen LogP contribution in [-0.2, 0) is 4.79 Å². The van der Waals surface area contributed by atoms with Gasteiger partial charge in [0.15, 0.2) is 0 Å². The standard InChI is InChI=1S/C13H22O/c1-4-5-6-10-13(14)11-8-7-9-12(2)3/h4-5,9H,6-8,10-11H2,1-3H3. The van der Waals surface area contributed by atoms with Crippen LogP contribution in [0.2, 0.25) is 0 Å². The smallest absolute Gasteiger partial charge is 0.133 e. The van der Waals surface area contributed by atoms with E-state index in [-0.39, 0.29) is 0 Å². The molecule has 1 heteroatoms. The first-order valence-corrected chi connectivity index (χ1v) is 5.43. The van der Waals surface area contributed by atoms with E-state index < -0.39 is 0 Å². The largest absolute Gasteiger partial charge is 0.300 e. The molecule has 0 radical (unpaired) electrons. The number of Topliss-reactive ketones (excluding diaryl/α,β-unsaturated/α-hetero) is 1. The van der Waals surface area contributed by atoms with Crippen molar-refractivity contribution in [2.24, 2.45) is 0 Å². The summed E-state index contributed by atoms with van der Waals surface area (Å²) in [7, 11) is 0. The number of carbonyl (C=O) groups is 1. The van der Waals surface area contributed by atoms with Gasteiger partial charge in [-0.3, -0.25) is 4.79 Å². The summed E-state index contributed by atoms with van der Waals surface area (Å²) in [5.74, 6) is 0.394. The van der Waals surface area contributed by atoms with Crippen molar-refractivity contribution in [3.8, 4) is 0 Å². The lowest BCUT2D eigenvalue weighted by Crippen LogP contribution is -1.96. The maximum Gasteiger partial charge on any atom is 0.133 e. The summed E-state index contributed by atoms with van der Waals surface area (Å²) in [4.78, 5) is 11.3. The number of carbonyl (C=O) groups excluding carboxylic acids is 1. The molecule has 0 spiro atoms. The Balaban J connectivity index is 3.40. The van der Waals surface area contributed by atoms with Gasteiger partial charge in [0.2, 0.25) is 0 Å². The highest BCUT2D eigenvalue weighted by Crippen LogP contribution is 2.04. The van der Waals surface area contributed by atoms with Crippen molar-refractivity contribution in [2.45, 2.75) is 52.9 Å². The topological polar surface area (TPSA) is 17.1 Å². The molecule has 0 aromatic carbocycles. The summed E-state index contributed by atoms with van der Waals surface area (Å²) in [5.41, 5.74) is 1.34. The van der Waals surface area contributed by atoms with Gasteiger partial charge >= 0.3 is 0 Å². The van der Waals surface area contributed by atoms with Crippen molar-refractivity contribution in [1.29, 1.82) is 0 Å². The first kappa shape index (κ1) is 13.2. The van der Waals surface area contributed by atoms with E-state index in [2.05, 4.69) is 19.9 Å². The normalized spacial score (nSPS) is 10.5. The Kier molecular flexibility index (Phi) is 8.20. The van der Waals surface area contributed by atoms with E-state index in [0.717, 1.165) is 25.7 Å². The van der Waals surface area contributed by atoms with Gasteiger partial charge in [0, 0.05) is 12.8 Å². The van der Waals surface area contributed by atoms with E-state index in [0.29, 0.717) is 12.2 Å². The van der Waals surface area contributed by atoms with Gasteiger partial charge in [-0.05, 0) is 40.0 Å². The molecule has 0 saturated heterocycles. The molecule has 14 heavy (non-hydrogen) atoms. The summed E-state index contributed by atoms with van der Waals surface area (Å²) < 4.78 is 0. The summed E-state index contributed by atoms with van der Waals surface area (Å²) in [6, 6.07) is 0. The molecule has 0 rings (SSSR count). The second-order valence-corrected chi connectivity index (χ2v) is 3.82. The number of hydrogen-bond acceptors (Lipinski definition) is 1. The van der Waals surface area contributed by atoms with Crippen LogP contribution in [0.15, 0.2) is 23.8 Å². The molecule has 0 saturated carbocycles. The van der Waals surface area contributed by atoms with Crippen LogP contribution in [-0.4, -0.2) is 5.78 Å². The Labute approximate surface area is 87.9 Å². The fourth-order valence-corrected chi connectivity index (χ4v) is 1.23. The Bertz CT molecular complexity index is 207. The molecule has 0 amide bonds. The molecule has 0 aliphatic heterocycles. The van der Waals surface area contributed by atoms with Gasteiger partial charge < -0.3 is 0 Å². The van der Waals surface area contributed by atoms with Gasteiger partial charge in [-0.25, -0.2) is 0 Å². The second kappa shape index (κ2) is 8.74. The van der Waals surface area contributed by atoms with Gasteiger partial charge in [0.05, 0.1) is 0 Å². The molecular formula is C13H22O. The summed E-state index contributed by atoms with van der Waals surface area (Å²) >= 11 is 0. The van der Waals surface area contributed by atoms with E-state index in [4.69, 9.17) is 0 Å². The average Bonchev–Trinajstić information content (AvgIpc) is 2.13. The molecule has 0 fully saturated rings. The SMILES string of the molecule is CC=CCCC(=O)CCCC=C(C)C. The highest BCUT2D eigenvalue weighted by atomic mass is 16.1. The second-order valence-electron chi connectivity index (χ2n) is 3.82. The van der Waals surface area contributed by atoms with Crippen LogP contribution in [0.3, 0.4) is 0 Å². The highest BCUT2D eigenvalue weighted by molar-refractivity contribution is 5.78. The highest BCUT2D eigenvalue weighted by Gasteiger charge is 1.98. The maximum absolute atomic E-state index is 11.3. The van der Waals surface area contributed by atoms with Crippen molar-refractivity contribution in [2.75, 3.05) is 0 Å². The van der Waals surface area contributed by atoms with E-state index >= 15 is 0 Å². The number of unbranched alkanes of at least 4 members (excludes halogenated alkanes) is 1. The lowest BCUT2D eigenvalue weighted by molar-refractivity contribution is -0.119. The molecule has 80 valence electrons. The van der Waals surface area contributed by atoms with Crippen LogP contribution in [0.4, 0.5) is 0 Å². The van der Waals surface area contributed by atoms with Crippen LogP contribution >= 0.6 is 0 Å². The summed E-state index contributed by atoms with van der Waals surface area (Å²) in [6.45, 7) is 6.17. The number of ketones is 1. The fourth-order valence-electron chi connectivity index (χ4n) is 1.23. The predicted octanol–water partition coefficient (Wildman–Crippen LogP) is 4.05. The Morgan fingerprint density at radius 3 is 2.43 bits per heavy atom. The Morgan fingerprint density at radius 2 is 1.86 bits per heavy atom. The molecule has 0 aromatic rings. The fraction of sp³-hybridized carbons (Fsp3) is 0.615. The van der Waals surface area contributed by atoms with E-state index in [1.54, 1.807) is 0 Å². The van der Waals surface area contributed by atoms with Gasteiger partial charge in [-0.1, -0.05) is 23.8 Å². The monoisotopic (exact) mass is 194 g/mol. The predicted molar refractivity (Wildman–Crippen MR) is 62.3 cm³/mol. The quantitative estimate of drug-likeness (QED) is 0.441. The van der Waals surface area contributed by atoms with Gasteiger partial charge in [0.1, 0.15) is 5.78 Å². The maximum atomic E-state index is 11.3. The third-order valence-electron chi connectivity index (χ3n) is 2.04. The molecule has 0 aliphatic rings.